The maximum atomic E-state index is 11.8. The highest BCUT2D eigenvalue weighted by Gasteiger charge is 2.11. The normalized spacial score (nSPS) is 11.6. The third kappa shape index (κ3) is 4.89. The molecule has 0 heterocycles. The molecule has 0 aromatic heterocycles. The van der Waals surface area contributed by atoms with Gasteiger partial charge in [0, 0.05) is 25.1 Å². The molecule has 1 aromatic rings. The smallest absolute Gasteiger partial charge is 0.226 e. The lowest BCUT2D eigenvalue weighted by molar-refractivity contribution is -0.116. The van der Waals surface area contributed by atoms with Gasteiger partial charge in [-0.2, -0.15) is 0 Å². The maximum absolute atomic E-state index is 11.8. The molecule has 4 N–H and O–H groups in total. The Hall–Kier alpha value is -2.08. The van der Waals surface area contributed by atoms with E-state index in [1.165, 1.54) is 14.0 Å². The highest BCUT2D eigenvalue weighted by Crippen LogP contribution is 2.28. The fraction of sp³-hybridized carbons (Fsp3) is 0.429. The average molecular weight is 279 g/mol. The fourth-order valence-electron chi connectivity index (χ4n) is 1.67. The molecule has 1 rings (SSSR count). The van der Waals surface area contributed by atoms with Crippen LogP contribution in [0.4, 0.5) is 11.4 Å². The van der Waals surface area contributed by atoms with Crippen molar-refractivity contribution in [2.45, 2.75) is 32.7 Å². The number of carbonyl (C=O) groups is 2. The van der Waals surface area contributed by atoms with E-state index < -0.39 is 0 Å². The minimum atomic E-state index is -0.183. The number of hydrogen-bond donors (Lipinski definition) is 3. The van der Waals surface area contributed by atoms with E-state index in [0.717, 1.165) is 6.42 Å². The Balaban J connectivity index is 2.85. The summed E-state index contributed by atoms with van der Waals surface area (Å²) in [6, 6.07) is 4.86. The molecule has 0 radical (unpaired) electrons. The fourth-order valence-corrected chi connectivity index (χ4v) is 1.67. The highest BCUT2D eigenvalue weighted by atomic mass is 16.5. The summed E-state index contributed by atoms with van der Waals surface area (Å²) in [5.41, 5.74) is 6.84. The SMILES string of the molecule is CCC(N)CC(=O)Nc1cc(NC(C)=O)ccc1OC. The summed E-state index contributed by atoms with van der Waals surface area (Å²) in [6.07, 6.45) is 0.973. The van der Waals surface area contributed by atoms with E-state index in [1.807, 2.05) is 6.92 Å². The van der Waals surface area contributed by atoms with Crippen LogP contribution in [0.3, 0.4) is 0 Å². The minimum absolute atomic E-state index is 0.167. The van der Waals surface area contributed by atoms with Crippen LogP contribution in [0.5, 0.6) is 5.75 Å². The van der Waals surface area contributed by atoms with E-state index >= 15 is 0 Å². The van der Waals surface area contributed by atoms with Crippen LogP contribution in [-0.2, 0) is 9.59 Å². The van der Waals surface area contributed by atoms with Crippen LogP contribution in [0, 0.1) is 0 Å². The van der Waals surface area contributed by atoms with Gasteiger partial charge in [-0.05, 0) is 24.6 Å². The number of benzene rings is 1. The van der Waals surface area contributed by atoms with Crippen LogP contribution in [0.25, 0.3) is 0 Å². The van der Waals surface area contributed by atoms with E-state index in [-0.39, 0.29) is 24.3 Å². The van der Waals surface area contributed by atoms with Crippen molar-refractivity contribution in [3.8, 4) is 5.75 Å². The van der Waals surface area contributed by atoms with Gasteiger partial charge in [-0.15, -0.1) is 0 Å². The van der Waals surface area contributed by atoms with Crippen molar-refractivity contribution in [1.82, 2.24) is 0 Å². The Morgan fingerprint density at radius 3 is 2.60 bits per heavy atom. The summed E-state index contributed by atoms with van der Waals surface area (Å²) < 4.78 is 5.18. The van der Waals surface area contributed by atoms with Gasteiger partial charge in [-0.25, -0.2) is 0 Å². The van der Waals surface area contributed by atoms with E-state index in [4.69, 9.17) is 10.5 Å². The molecule has 6 heteroatoms. The molecule has 6 nitrogen and oxygen atoms in total. The Bertz CT molecular complexity index is 489. The molecule has 0 fully saturated rings. The van der Waals surface area contributed by atoms with Crippen molar-refractivity contribution in [2.75, 3.05) is 17.7 Å². The number of rotatable bonds is 6. The van der Waals surface area contributed by atoms with Crippen LogP contribution in [0.1, 0.15) is 26.7 Å². The molecule has 1 unspecified atom stereocenters. The van der Waals surface area contributed by atoms with Crippen LogP contribution >= 0.6 is 0 Å². The van der Waals surface area contributed by atoms with Gasteiger partial charge in [0.2, 0.25) is 11.8 Å². The van der Waals surface area contributed by atoms with Crippen molar-refractivity contribution < 1.29 is 14.3 Å². The first kappa shape index (κ1) is 16.0. The van der Waals surface area contributed by atoms with Crippen molar-refractivity contribution in [3.63, 3.8) is 0 Å². The van der Waals surface area contributed by atoms with Crippen molar-refractivity contribution in [3.05, 3.63) is 18.2 Å². The zero-order valence-electron chi connectivity index (χ0n) is 12.0. The van der Waals surface area contributed by atoms with Gasteiger partial charge in [0.1, 0.15) is 5.75 Å². The topological polar surface area (TPSA) is 93.5 Å². The van der Waals surface area contributed by atoms with Gasteiger partial charge in [-0.1, -0.05) is 6.92 Å². The van der Waals surface area contributed by atoms with E-state index in [2.05, 4.69) is 10.6 Å². The molecule has 0 aliphatic rings. The first-order valence-electron chi connectivity index (χ1n) is 6.47. The third-order valence-corrected chi connectivity index (χ3v) is 2.77. The lowest BCUT2D eigenvalue weighted by Gasteiger charge is -2.13. The van der Waals surface area contributed by atoms with Crippen molar-refractivity contribution in [1.29, 1.82) is 0 Å². The van der Waals surface area contributed by atoms with Gasteiger partial charge < -0.3 is 21.1 Å². The molecular weight excluding hydrogens is 258 g/mol. The number of nitrogens with one attached hydrogen (secondary N) is 2. The molecular formula is C14H21N3O3. The molecule has 0 saturated heterocycles. The number of ether oxygens (including phenoxy) is 1. The van der Waals surface area contributed by atoms with Crippen LogP contribution in [0.15, 0.2) is 18.2 Å². The number of nitrogens with two attached hydrogens (primary N) is 1. The zero-order chi connectivity index (χ0) is 15.1. The van der Waals surface area contributed by atoms with Crippen LogP contribution < -0.4 is 21.1 Å². The molecule has 110 valence electrons. The molecule has 0 saturated carbocycles. The summed E-state index contributed by atoms with van der Waals surface area (Å²) in [5, 5.41) is 5.40. The number of carbonyl (C=O) groups excluding carboxylic acids is 2. The highest BCUT2D eigenvalue weighted by molar-refractivity contribution is 5.95. The Morgan fingerprint density at radius 2 is 2.05 bits per heavy atom. The number of methoxy groups -OCH3 is 1. The van der Waals surface area contributed by atoms with E-state index in [0.29, 0.717) is 17.1 Å². The second-order valence-corrected chi connectivity index (χ2v) is 4.52. The Morgan fingerprint density at radius 1 is 1.35 bits per heavy atom. The standard InChI is InChI=1S/C14H21N3O3/c1-4-10(15)7-14(19)17-12-8-11(16-9(2)18)5-6-13(12)20-3/h5-6,8,10H,4,7,15H2,1-3H3,(H,16,18)(H,17,19). The summed E-state index contributed by atoms with van der Waals surface area (Å²) >= 11 is 0. The Labute approximate surface area is 118 Å². The number of anilines is 2. The summed E-state index contributed by atoms with van der Waals surface area (Å²) in [7, 11) is 1.51. The van der Waals surface area contributed by atoms with Crippen LogP contribution in [0.2, 0.25) is 0 Å². The zero-order valence-corrected chi connectivity index (χ0v) is 12.0. The van der Waals surface area contributed by atoms with Crippen molar-refractivity contribution >= 4 is 23.2 Å². The second kappa shape index (κ2) is 7.49. The Kier molecular flexibility index (Phi) is 5.99. The first-order valence-corrected chi connectivity index (χ1v) is 6.47. The largest absolute Gasteiger partial charge is 0.495 e. The monoisotopic (exact) mass is 279 g/mol. The molecule has 2 amide bonds. The summed E-state index contributed by atoms with van der Waals surface area (Å²) in [5.74, 6) is 0.163. The summed E-state index contributed by atoms with van der Waals surface area (Å²) in [4.78, 5) is 22.9. The van der Waals surface area contributed by atoms with E-state index in [1.54, 1.807) is 18.2 Å². The predicted molar refractivity (Wildman–Crippen MR) is 78.8 cm³/mol. The molecule has 0 spiro atoms. The van der Waals surface area contributed by atoms with Gasteiger partial charge >= 0.3 is 0 Å². The molecule has 0 aliphatic carbocycles. The molecule has 1 aromatic carbocycles. The van der Waals surface area contributed by atoms with Gasteiger partial charge in [0.05, 0.1) is 12.8 Å². The molecule has 0 bridgehead atoms. The maximum Gasteiger partial charge on any atom is 0.226 e. The van der Waals surface area contributed by atoms with Gasteiger partial charge in [-0.3, -0.25) is 9.59 Å². The summed E-state index contributed by atoms with van der Waals surface area (Å²) in [6.45, 7) is 3.35. The molecule has 20 heavy (non-hydrogen) atoms. The quantitative estimate of drug-likeness (QED) is 0.739. The predicted octanol–water partition coefficient (Wildman–Crippen LogP) is 1.72. The second-order valence-electron chi connectivity index (χ2n) is 4.52. The number of hydrogen-bond acceptors (Lipinski definition) is 4. The average Bonchev–Trinajstić information content (AvgIpc) is 2.38. The number of amides is 2. The van der Waals surface area contributed by atoms with E-state index in [9.17, 15) is 9.59 Å². The lowest BCUT2D eigenvalue weighted by atomic mass is 10.1. The lowest BCUT2D eigenvalue weighted by Crippen LogP contribution is -2.26. The first-order chi connectivity index (χ1) is 9.46. The molecule has 1 atom stereocenters. The van der Waals surface area contributed by atoms with Crippen molar-refractivity contribution in [2.24, 2.45) is 5.73 Å². The molecule has 0 aliphatic heterocycles. The minimum Gasteiger partial charge on any atom is -0.495 e. The van der Waals surface area contributed by atoms with Gasteiger partial charge in [0.25, 0.3) is 0 Å². The third-order valence-electron chi connectivity index (χ3n) is 2.77. The van der Waals surface area contributed by atoms with Crippen LogP contribution in [-0.4, -0.2) is 25.0 Å². The van der Waals surface area contributed by atoms with Gasteiger partial charge in [0.15, 0.2) is 0 Å².